The Morgan fingerprint density at radius 2 is 2.10 bits per heavy atom. The van der Waals surface area contributed by atoms with Crippen molar-refractivity contribution in [1.82, 2.24) is 10.2 Å². The van der Waals surface area contributed by atoms with Gasteiger partial charge in [-0.1, -0.05) is 6.07 Å². The first kappa shape index (κ1) is 13.0. The summed E-state index contributed by atoms with van der Waals surface area (Å²) in [6.45, 7) is 3.51. The third-order valence-electron chi connectivity index (χ3n) is 4.43. The van der Waals surface area contributed by atoms with Crippen molar-refractivity contribution < 1.29 is 4.79 Å². The highest BCUT2D eigenvalue weighted by atomic mass is 32.1. The van der Waals surface area contributed by atoms with E-state index in [0.717, 1.165) is 44.6 Å². The summed E-state index contributed by atoms with van der Waals surface area (Å²) in [6.07, 6.45) is 2.05. The highest BCUT2D eigenvalue weighted by molar-refractivity contribution is 7.10. The zero-order valence-corrected chi connectivity index (χ0v) is 12.7. The molecule has 1 aromatic carbocycles. The van der Waals surface area contributed by atoms with Gasteiger partial charge in [0, 0.05) is 30.1 Å². The standard InChI is InChI=1S/C17H18N2OS/c20-17(19-7-4-16-14(11-19)5-8-21-16)13-2-1-12-3-6-18-10-15(12)9-13/h1-2,5,8-9,18H,3-4,6-7,10-11H2. The van der Waals surface area contributed by atoms with Crippen LogP contribution in [0.1, 0.15) is 31.9 Å². The predicted molar refractivity (Wildman–Crippen MR) is 84.6 cm³/mol. The molecule has 4 rings (SSSR count). The summed E-state index contributed by atoms with van der Waals surface area (Å²) in [7, 11) is 0. The molecule has 3 nitrogen and oxygen atoms in total. The zero-order chi connectivity index (χ0) is 14.2. The van der Waals surface area contributed by atoms with Crippen molar-refractivity contribution in [3.63, 3.8) is 0 Å². The fourth-order valence-electron chi connectivity index (χ4n) is 3.22. The second-order valence-electron chi connectivity index (χ2n) is 5.76. The van der Waals surface area contributed by atoms with Crippen LogP contribution >= 0.6 is 11.3 Å². The number of nitrogens with one attached hydrogen (secondary N) is 1. The van der Waals surface area contributed by atoms with Gasteiger partial charge in [-0.2, -0.15) is 0 Å². The summed E-state index contributed by atoms with van der Waals surface area (Å²) in [5.41, 5.74) is 4.81. The lowest BCUT2D eigenvalue weighted by atomic mass is 9.98. The van der Waals surface area contributed by atoms with Crippen LogP contribution in [0.5, 0.6) is 0 Å². The van der Waals surface area contributed by atoms with E-state index in [1.54, 1.807) is 0 Å². The normalized spacial score (nSPS) is 17.2. The third kappa shape index (κ3) is 2.39. The van der Waals surface area contributed by atoms with Crippen molar-refractivity contribution in [2.75, 3.05) is 13.1 Å². The van der Waals surface area contributed by atoms with Crippen LogP contribution in [0.3, 0.4) is 0 Å². The van der Waals surface area contributed by atoms with E-state index in [1.807, 2.05) is 22.3 Å². The smallest absolute Gasteiger partial charge is 0.254 e. The second-order valence-corrected chi connectivity index (χ2v) is 6.76. The maximum atomic E-state index is 12.7. The van der Waals surface area contributed by atoms with Gasteiger partial charge >= 0.3 is 0 Å². The summed E-state index contributed by atoms with van der Waals surface area (Å²) >= 11 is 1.81. The molecule has 1 N–H and O–H groups in total. The molecule has 0 bridgehead atoms. The van der Waals surface area contributed by atoms with Gasteiger partial charge in [0.25, 0.3) is 5.91 Å². The minimum atomic E-state index is 0.167. The Bertz CT molecular complexity index is 692. The molecule has 0 spiro atoms. The van der Waals surface area contributed by atoms with Gasteiger partial charge in [0.15, 0.2) is 0 Å². The number of carbonyl (C=O) groups excluding carboxylic acids is 1. The van der Waals surface area contributed by atoms with Crippen LogP contribution in [0.4, 0.5) is 0 Å². The fraction of sp³-hybridized carbons (Fsp3) is 0.353. The van der Waals surface area contributed by atoms with Crippen molar-refractivity contribution in [1.29, 1.82) is 0 Å². The lowest BCUT2D eigenvalue weighted by molar-refractivity contribution is 0.0735. The number of benzene rings is 1. The van der Waals surface area contributed by atoms with Crippen molar-refractivity contribution in [3.05, 3.63) is 56.8 Å². The molecule has 2 aromatic rings. The van der Waals surface area contributed by atoms with E-state index < -0.39 is 0 Å². The second kappa shape index (κ2) is 5.28. The van der Waals surface area contributed by atoms with Crippen LogP contribution in [0.2, 0.25) is 0 Å². The molecular weight excluding hydrogens is 280 g/mol. The van der Waals surface area contributed by atoms with Gasteiger partial charge < -0.3 is 10.2 Å². The first-order valence-electron chi connectivity index (χ1n) is 7.48. The first-order valence-corrected chi connectivity index (χ1v) is 8.36. The van der Waals surface area contributed by atoms with Crippen molar-refractivity contribution in [3.8, 4) is 0 Å². The lowest BCUT2D eigenvalue weighted by Gasteiger charge is -2.27. The molecule has 0 saturated carbocycles. The van der Waals surface area contributed by atoms with Gasteiger partial charge in [0.1, 0.15) is 0 Å². The van der Waals surface area contributed by atoms with E-state index in [1.165, 1.54) is 21.6 Å². The average molecular weight is 298 g/mol. The van der Waals surface area contributed by atoms with E-state index >= 15 is 0 Å². The predicted octanol–water partition coefficient (Wildman–Crippen LogP) is 2.59. The number of carbonyl (C=O) groups is 1. The number of rotatable bonds is 1. The first-order chi connectivity index (χ1) is 10.3. The summed E-state index contributed by atoms with van der Waals surface area (Å²) in [5.74, 6) is 0.167. The maximum Gasteiger partial charge on any atom is 0.254 e. The van der Waals surface area contributed by atoms with Crippen LogP contribution in [0.25, 0.3) is 0 Å². The summed E-state index contributed by atoms with van der Waals surface area (Å²) < 4.78 is 0. The summed E-state index contributed by atoms with van der Waals surface area (Å²) in [5, 5.41) is 5.50. The molecule has 3 heterocycles. The Kier molecular flexibility index (Phi) is 3.28. The van der Waals surface area contributed by atoms with E-state index in [2.05, 4.69) is 28.9 Å². The number of thiophene rings is 1. The van der Waals surface area contributed by atoms with Gasteiger partial charge in [0.2, 0.25) is 0 Å². The Labute approximate surface area is 128 Å². The van der Waals surface area contributed by atoms with E-state index in [-0.39, 0.29) is 5.91 Å². The van der Waals surface area contributed by atoms with E-state index in [9.17, 15) is 4.79 Å². The van der Waals surface area contributed by atoms with Crippen LogP contribution in [-0.4, -0.2) is 23.9 Å². The third-order valence-corrected chi connectivity index (χ3v) is 5.46. The molecule has 0 atom stereocenters. The molecule has 0 radical (unpaired) electrons. The van der Waals surface area contributed by atoms with Crippen LogP contribution in [0, 0.1) is 0 Å². The highest BCUT2D eigenvalue weighted by Crippen LogP contribution is 2.25. The SMILES string of the molecule is O=C(c1ccc2c(c1)CNCC2)N1CCc2sccc2C1. The van der Waals surface area contributed by atoms with Crippen LogP contribution in [-0.2, 0) is 25.9 Å². The van der Waals surface area contributed by atoms with Gasteiger partial charge in [-0.25, -0.2) is 0 Å². The quantitative estimate of drug-likeness (QED) is 0.877. The van der Waals surface area contributed by atoms with Gasteiger partial charge in [0.05, 0.1) is 0 Å². The van der Waals surface area contributed by atoms with Gasteiger partial charge in [-0.05, 0) is 59.7 Å². The van der Waals surface area contributed by atoms with Gasteiger partial charge in [-0.15, -0.1) is 11.3 Å². The largest absolute Gasteiger partial charge is 0.334 e. The maximum absolute atomic E-state index is 12.7. The van der Waals surface area contributed by atoms with E-state index in [0.29, 0.717) is 0 Å². The number of hydrogen-bond donors (Lipinski definition) is 1. The summed E-state index contributed by atoms with van der Waals surface area (Å²) in [4.78, 5) is 16.1. The molecule has 0 aliphatic carbocycles. The molecule has 1 amide bonds. The zero-order valence-electron chi connectivity index (χ0n) is 11.9. The van der Waals surface area contributed by atoms with Crippen LogP contribution in [0.15, 0.2) is 29.6 Å². The van der Waals surface area contributed by atoms with Crippen molar-refractivity contribution >= 4 is 17.2 Å². The van der Waals surface area contributed by atoms with Gasteiger partial charge in [-0.3, -0.25) is 4.79 Å². The average Bonchev–Trinajstić information content (AvgIpc) is 3.01. The molecule has 1 aromatic heterocycles. The number of amides is 1. The van der Waals surface area contributed by atoms with E-state index in [4.69, 9.17) is 0 Å². The minimum absolute atomic E-state index is 0.167. The Balaban J connectivity index is 1.58. The highest BCUT2D eigenvalue weighted by Gasteiger charge is 2.23. The summed E-state index contributed by atoms with van der Waals surface area (Å²) in [6, 6.07) is 8.35. The molecule has 0 unspecified atom stereocenters. The number of fused-ring (bicyclic) bond motifs is 2. The minimum Gasteiger partial charge on any atom is -0.334 e. The molecule has 108 valence electrons. The van der Waals surface area contributed by atoms with Crippen LogP contribution < -0.4 is 5.32 Å². The molecule has 4 heteroatoms. The number of nitrogens with zero attached hydrogens (tertiary/aromatic N) is 1. The Morgan fingerprint density at radius 1 is 1.14 bits per heavy atom. The lowest BCUT2D eigenvalue weighted by Crippen LogP contribution is -2.35. The molecule has 2 aliphatic rings. The molecule has 21 heavy (non-hydrogen) atoms. The Hall–Kier alpha value is -1.65. The Morgan fingerprint density at radius 3 is 3.05 bits per heavy atom. The van der Waals surface area contributed by atoms with Crippen molar-refractivity contribution in [2.45, 2.75) is 25.9 Å². The monoisotopic (exact) mass is 298 g/mol. The number of hydrogen-bond acceptors (Lipinski definition) is 3. The molecular formula is C17H18N2OS. The molecule has 2 aliphatic heterocycles. The fourth-order valence-corrected chi connectivity index (χ4v) is 4.11. The topological polar surface area (TPSA) is 32.3 Å². The molecule has 0 fully saturated rings. The molecule has 0 saturated heterocycles. The van der Waals surface area contributed by atoms with Crippen molar-refractivity contribution in [2.24, 2.45) is 0 Å².